The molecule has 0 aliphatic rings. The van der Waals surface area contributed by atoms with Crippen LogP contribution in [0.4, 0.5) is 0 Å². The molecule has 19 heavy (non-hydrogen) atoms. The third kappa shape index (κ3) is 6.12. The number of nitrogens with one attached hydrogen (secondary N) is 1. The van der Waals surface area contributed by atoms with Crippen LogP contribution in [0.1, 0.15) is 31.2 Å². The van der Waals surface area contributed by atoms with Gasteiger partial charge in [0.1, 0.15) is 0 Å². The molecule has 0 spiro atoms. The molecular weight excluding hydrogens is 258 g/mol. The average molecular weight is 281 g/mol. The van der Waals surface area contributed by atoms with Crippen LogP contribution < -0.4 is 5.32 Å². The summed E-state index contributed by atoms with van der Waals surface area (Å²) in [6.45, 7) is 2.97. The number of amides is 1. The van der Waals surface area contributed by atoms with Gasteiger partial charge < -0.3 is 10.4 Å². The van der Waals surface area contributed by atoms with E-state index in [4.69, 9.17) is 5.11 Å². The summed E-state index contributed by atoms with van der Waals surface area (Å²) >= 11 is 1.76. The van der Waals surface area contributed by atoms with Crippen molar-refractivity contribution in [3.63, 3.8) is 0 Å². The standard InChI is InChI=1S/C15H23NO2S/c1-2-14(13-7-4-3-5-8-13)15(18)16-9-12-19-11-6-10-17/h3-5,7-8,14,17H,2,6,9-12H2,1H3,(H,16,18). The van der Waals surface area contributed by atoms with Crippen molar-refractivity contribution < 1.29 is 9.90 Å². The van der Waals surface area contributed by atoms with E-state index in [-0.39, 0.29) is 18.4 Å². The van der Waals surface area contributed by atoms with Crippen LogP contribution in [-0.2, 0) is 4.79 Å². The second kappa shape index (κ2) is 9.87. The van der Waals surface area contributed by atoms with E-state index < -0.39 is 0 Å². The van der Waals surface area contributed by atoms with E-state index >= 15 is 0 Å². The van der Waals surface area contributed by atoms with E-state index in [1.165, 1.54) is 0 Å². The van der Waals surface area contributed by atoms with Gasteiger partial charge in [0.05, 0.1) is 5.92 Å². The molecule has 1 aromatic rings. The minimum atomic E-state index is -0.0522. The summed E-state index contributed by atoms with van der Waals surface area (Å²) in [5.41, 5.74) is 1.08. The lowest BCUT2D eigenvalue weighted by Crippen LogP contribution is -2.31. The third-order valence-corrected chi connectivity index (χ3v) is 3.99. The molecule has 0 bridgehead atoms. The molecule has 0 saturated heterocycles. The Morgan fingerprint density at radius 1 is 1.32 bits per heavy atom. The molecule has 1 aromatic carbocycles. The normalized spacial score (nSPS) is 12.1. The van der Waals surface area contributed by atoms with Gasteiger partial charge in [0, 0.05) is 18.9 Å². The molecule has 0 aromatic heterocycles. The van der Waals surface area contributed by atoms with Gasteiger partial charge in [-0.1, -0.05) is 37.3 Å². The van der Waals surface area contributed by atoms with Gasteiger partial charge in [0.2, 0.25) is 5.91 Å². The SMILES string of the molecule is CCC(C(=O)NCCSCCCO)c1ccccc1. The molecule has 0 aliphatic heterocycles. The molecule has 3 nitrogen and oxygen atoms in total. The van der Waals surface area contributed by atoms with E-state index in [1.54, 1.807) is 11.8 Å². The monoisotopic (exact) mass is 281 g/mol. The van der Waals surface area contributed by atoms with Crippen LogP contribution in [0.25, 0.3) is 0 Å². The van der Waals surface area contributed by atoms with Crippen LogP contribution in [0.15, 0.2) is 30.3 Å². The van der Waals surface area contributed by atoms with Gasteiger partial charge in [0.25, 0.3) is 0 Å². The number of hydrogen-bond donors (Lipinski definition) is 2. The quantitative estimate of drug-likeness (QED) is 0.683. The first-order valence-corrected chi connectivity index (χ1v) is 7.96. The summed E-state index contributed by atoms with van der Waals surface area (Å²) < 4.78 is 0. The first kappa shape index (κ1) is 16.1. The fourth-order valence-corrected chi connectivity index (χ4v) is 2.68. The second-order valence-corrected chi connectivity index (χ2v) is 5.58. The fraction of sp³-hybridized carbons (Fsp3) is 0.533. The Balaban J connectivity index is 2.31. The molecule has 1 unspecified atom stereocenters. The van der Waals surface area contributed by atoms with Crippen LogP contribution in [0, 0.1) is 0 Å². The van der Waals surface area contributed by atoms with Gasteiger partial charge in [-0.05, 0) is 24.2 Å². The second-order valence-electron chi connectivity index (χ2n) is 4.35. The molecule has 0 radical (unpaired) electrons. The van der Waals surface area contributed by atoms with E-state index in [9.17, 15) is 4.79 Å². The summed E-state index contributed by atoms with van der Waals surface area (Å²) in [5, 5.41) is 11.6. The summed E-state index contributed by atoms with van der Waals surface area (Å²) in [6, 6.07) is 9.91. The molecule has 1 amide bonds. The minimum Gasteiger partial charge on any atom is -0.396 e. The molecule has 106 valence electrons. The molecule has 0 fully saturated rings. The predicted molar refractivity (Wildman–Crippen MR) is 81.5 cm³/mol. The molecule has 1 rings (SSSR count). The highest BCUT2D eigenvalue weighted by molar-refractivity contribution is 7.99. The van der Waals surface area contributed by atoms with Crippen molar-refractivity contribution in [3.05, 3.63) is 35.9 Å². The van der Waals surface area contributed by atoms with Gasteiger partial charge in [-0.2, -0.15) is 11.8 Å². The van der Waals surface area contributed by atoms with E-state index in [0.717, 1.165) is 29.9 Å². The van der Waals surface area contributed by atoms with Crippen molar-refractivity contribution in [2.45, 2.75) is 25.7 Å². The van der Waals surface area contributed by atoms with Crippen LogP contribution in [-0.4, -0.2) is 35.7 Å². The molecule has 0 saturated carbocycles. The predicted octanol–water partition coefficient (Wildman–Crippen LogP) is 2.41. The molecule has 0 heterocycles. The maximum Gasteiger partial charge on any atom is 0.227 e. The largest absolute Gasteiger partial charge is 0.396 e. The number of carbonyl (C=O) groups is 1. The minimum absolute atomic E-state index is 0.0522. The lowest BCUT2D eigenvalue weighted by molar-refractivity contribution is -0.122. The number of carbonyl (C=O) groups excluding carboxylic acids is 1. The number of hydrogen-bond acceptors (Lipinski definition) is 3. The van der Waals surface area contributed by atoms with Gasteiger partial charge in [-0.25, -0.2) is 0 Å². The molecule has 1 atom stereocenters. The average Bonchev–Trinajstić information content (AvgIpc) is 2.45. The summed E-state index contributed by atoms with van der Waals surface area (Å²) in [7, 11) is 0. The Labute approximate surface area is 119 Å². The smallest absolute Gasteiger partial charge is 0.227 e. The van der Waals surface area contributed by atoms with Crippen LogP contribution in [0.2, 0.25) is 0 Å². The van der Waals surface area contributed by atoms with Crippen molar-refractivity contribution in [2.24, 2.45) is 0 Å². The Bertz CT molecular complexity index is 356. The highest BCUT2D eigenvalue weighted by Gasteiger charge is 2.17. The first-order valence-electron chi connectivity index (χ1n) is 6.80. The first-order chi connectivity index (χ1) is 9.29. The van der Waals surface area contributed by atoms with Crippen LogP contribution in [0.5, 0.6) is 0 Å². The van der Waals surface area contributed by atoms with Crippen molar-refractivity contribution >= 4 is 17.7 Å². The molecular formula is C15H23NO2S. The van der Waals surface area contributed by atoms with Crippen molar-refractivity contribution in [3.8, 4) is 0 Å². The zero-order valence-electron chi connectivity index (χ0n) is 11.5. The Kier molecular flexibility index (Phi) is 8.34. The number of aliphatic hydroxyl groups is 1. The molecule has 2 N–H and O–H groups in total. The van der Waals surface area contributed by atoms with Gasteiger partial charge in [-0.15, -0.1) is 0 Å². The van der Waals surface area contributed by atoms with Crippen LogP contribution in [0.3, 0.4) is 0 Å². The zero-order valence-corrected chi connectivity index (χ0v) is 12.3. The topological polar surface area (TPSA) is 49.3 Å². The van der Waals surface area contributed by atoms with Gasteiger partial charge >= 0.3 is 0 Å². The summed E-state index contributed by atoms with van der Waals surface area (Å²) in [4.78, 5) is 12.1. The van der Waals surface area contributed by atoms with Crippen LogP contribution >= 0.6 is 11.8 Å². The van der Waals surface area contributed by atoms with Crippen molar-refractivity contribution in [1.29, 1.82) is 0 Å². The number of benzene rings is 1. The van der Waals surface area contributed by atoms with Gasteiger partial charge in [0.15, 0.2) is 0 Å². The summed E-state index contributed by atoms with van der Waals surface area (Å²) in [5.74, 6) is 1.90. The highest BCUT2D eigenvalue weighted by atomic mass is 32.2. The maximum atomic E-state index is 12.1. The number of aliphatic hydroxyl groups excluding tert-OH is 1. The number of thioether (sulfide) groups is 1. The Morgan fingerprint density at radius 3 is 2.68 bits per heavy atom. The van der Waals surface area contributed by atoms with E-state index in [1.807, 2.05) is 37.3 Å². The number of rotatable bonds is 9. The molecule has 0 aliphatic carbocycles. The lowest BCUT2D eigenvalue weighted by atomic mass is 9.96. The van der Waals surface area contributed by atoms with E-state index in [2.05, 4.69) is 5.32 Å². The molecule has 4 heteroatoms. The van der Waals surface area contributed by atoms with Gasteiger partial charge in [-0.3, -0.25) is 4.79 Å². The Hall–Kier alpha value is -1.00. The summed E-state index contributed by atoms with van der Waals surface area (Å²) in [6.07, 6.45) is 1.63. The maximum absolute atomic E-state index is 12.1. The third-order valence-electron chi connectivity index (χ3n) is 2.92. The van der Waals surface area contributed by atoms with Crippen molar-refractivity contribution in [1.82, 2.24) is 5.32 Å². The Morgan fingerprint density at radius 2 is 2.05 bits per heavy atom. The highest BCUT2D eigenvalue weighted by Crippen LogP contribution is 2.19. The van der Waals surface area contributed by atoms with E-state index in [0.29, 0.717) is 6.54 Å². The fourth-order valence-electron chi connectivity index (χ4n) is 1.90. The van der Waals surface area contributed by atoms with Crippen molar-refractivity contribution in [2.75, 3.05) is 24.7 Å². The zero-order chi connectivity index (χ0) is 13.9. The lowest BCUT2D eigenvalue weighted by Gasteiger charge is -2.15.